The van der Waals surface area contributed by atoms with Gasteiger partial charge in [-0.25, -0.2) is 13.1 Å². The smallest absolute Gasteiger partial charge is 0.262 e. The summed E-state index contributed by atoms with van der Waals surface area (Å²) in [6, 6.07) is 27.2. The van der Waals surface area contributed by atoms with Gasteiger partial charge < -0.3 is 19.7 Å². The highest BCUT2D eigenvalue weighted by atomic mass is 32.2. The second-order valence-corrected chi connectivity index (χ2v) is 11.6. The standard InChI is InChI=1S/C32H31N3O6S/c1-22(23-6-4-3-5-7-23)34-42(38,39)29-16-14-28(15-17-29)41-21-31(36)33-26-11-8-24-18-19-35(30(24)20-26)32(37)25-9-12-27(40-2)13-10-25/h3-17,20,22,34H,18-19,21H2,1-2H3,(H,33,36)/t22-/m1/s1. The molecule has 42 heavy (non-hydrogen) atoms. The van der Waals surface area contributed by atoms with Crippen molar-refractivity contribution in [1.29, 1.82) is 0 Å². The Morgan fingerprint density at radius 3 is 2.29 bits per heavy atom. The molecule has 0 saturated carbocycles. The number of carbonyl (C=O) groups is 2. The number of nitrogens with one attached hydrogen (secondary N) is 2. The van der Waals surface area contributed by atoms with Crippen molar-refractivity contribution < 1.29 is 27.5 Å². The van der Waals surface area contributed by atoms with Crippen molar-refractivity contribution in [2.45, 2.75) is 24.3 Å². The van der Waals surface area contributed by atoms with E-state index >= 15 is 0 Å². The Balaban J connectivity index is 1.17. The number of carbonyl (C=O) groups excluding carboxylic acids is 2. The molecule has 0 spiro atoms. The summed E-state index contributed by atoms with van der Waals surface area (Å²) >= 11 is 0. The molecule has 0 aromatic heterocycles. The van der Waals surface area contributed by atoms with Crippen LogP contribution in [0.5, 0.6) is 11.5 Å². The zero-order valence-electron chi connectivity index (χ0n) is 23.2. The van der Waals surface area contributed by atoms with Gasteiger partial charge in [0.2, 0.25) is 10.0 Å². The summed E-state index contributed by atoms with van der Waals surface area (Å²) < 4.78 is 39.0. The molecule has 9 nitrogen and oxygen atoms in total. The van der Waals surface area contributed by atoms with Crippen LogP contribution in [0.3, 0.4) is 0 Å². The fraction of sp³-hybridized carbons (Fsp3) is 0.188. The lowest BCUT2D eigenvalue weighted by atomic mass is 10.1. The maximum Gasteiger partial charge on any atom is 0.262 e. The minimum atomic E-state index is -3.75. The number of amides is 2. The summed E-state index contributed by atoms with van der Waals surface area (Å²) in [6.45, 7) is 2.05. The van der Waals surface area contributed by atoms with Crippen LogP contribution < -0.4 is 24.4 Å². The zero-order valence-corrected chi connectivity index (χ0v) is 24.1. The van der Waals surface area contributed by atoms with Crippen LogP contribution in [0.15, 0.2) is 102 Å². The monoisotopic (exact) mass is 585 g/mol. The van der Waals surface area contributed by atoms with E-state index in [0.29, 0.717) is 29.3 Å². The summed E-state index contributed by atoms with van der Waals surface area (Å²) in [7, 11) is -2.18. The SMILES string of the molecule is COc1ccc(C(=O)N2CCc3ccc(NC(=O)COc4ccc(S(=O)(=O)N[C@H](C)c5ccccc5)cc4)cc32)cc1. The Morgan fingerprint density at radius 1 is 0.905 bits per heavy atom. The Bertz CT molecular complexity index is 1670. The average molecular weight is 586 g/mol. The lowest BCUT2D eigenvalue weighted by Crippen LogP contribution is -2.29. The number of rotatable bonds is 10. The molecule has 0 aliphatic carbocycles. The first-order valence-corrected chi connectivity index (χ1v) is 14.9. The van der Waals surface area contributed by atoms with E-state index in [9.17, 15) is 18.0 Å². The summed E-state index contributed by atoms with van der Waals surface area (Å²) in [6.07, 6.45) is 0.723. The van der Waals surface area contributed by atoms with Crippen molar-refractivity contribution in [3.05, 3.63) is 114 Å². The van der Waals surface area contributed by atoms with Crippen molar-refractivity contribution in [1.82, 2.24) is 4.72 Å². The van der Waals surface area contributed by atoms with E-state index in [0.717, 1.165) is 23.2 Å². The van der Waals surface area contributed by atoms with Crippen LogP contribution in [-0.4, -0.2) is 40.5 Å². The minimum Gasteiger partial charge on any atom is -0.497 e. The van der Waals surface area contributed by atoms with E-state index in [4.69, 9.17) is 9.47 Å². The van der Waals surface area contributed by atoms with Gasteiger partial charge in [0.15, 0.2) is 6.61 Å². The molecule has 0 saturated heterocycles. The predicted molar refractivity (Wildman–Crippen MR) is 161 cm³/mol. The number of benzene rings is 4. The highest BCUT2D eigenvalue weighted by Gasteiger charge is 2.26. The van der Waals surface area contributed by atoms with Crippen LogP contribution in [0, 0.1) is 0 Å². The molecule has 4 aromatic carbocycles. The normalized spacial score (nSPS) is 13.2. The maximum atomic E-state index is 13.1. The van der Waals surface area contributed by atoms with Crippen LogP contribution in [0.25, 0.3) is 0 Å². The third-order valence-corrected chi connectivity index (χ3v) is 8.54. The molecule has 5 rings (SSSR count). The number of hydrogen-bond donors (Lipinski definition) is 2. The zero-order chi connectivity index (χ0) is 29.7. The highest BCUT2D eigenvalue weighted by Crippen LogP contribution is 2.32. The van der Waals surface area contributed by atoms with Gasteiger partial charge in [-0.2, -0.15) is 0 Å². The van der Waals surface area contributed by atoms with Gasteiger partial charge >= 0.3 is 0 Å². The van der Waals surface area contributed by atoms with E-state index in [1.54, 1.807) is 55.3 Å². The summed E-state index contributed by atoms with van der Waals surface area (Å²) in [4.78, 5) is 27.6. The Labute approximate surface area is 245 Å². The second kappa shape index (κ2) is 12.5. The van der Waals surface area contributed by atoms with Gasteiger partial charge in [-0.3, -0.25) is 9.59 Å². The number of sulfonamides is 1. The van der Waals surface area contributed by atoms with E-state index in [1.807, 2.05) is 36.4 Å². The molecule has 2 N–H and O–H groups in total. The van der Waals surface area contributed by atoms with Crippen molar-refractivity contribution in [3.63, 3.8) is 0 Å². The third-order valence-electron chi connectivity index (χ3n) is 6.98. The molecule has 2 amide bonds. The largest absolute Gasteiger partial charge is 0.497 e. The van der Waals surface area contributed by atoms with Crippen molar-refractivity contribution in [2.24, 2.45) is 0 Å². The molecule has 0 fully saturated rings. The van der Waals surface area contributed by atoms with Crippen molar-refractivity contribution in [3.8, 4) is 11.5 Å². The van der Waals surface area contributed by atoms with Gasteiger partial charge in [-0.15, -0.1) is 0 Å². The van der Waals surface area contributed by atoms with Gasteiger partial charge in [-0.05, 0) is 85.1 Å². The van der Waals surface area contributed by atoms with Gasteiger partial charge in [-0.1, -0.05) is 36.4 Å². The molecule has 0 radical (unpaired) electrons. The van der Waals surface area contributed by atoms with Crippen molar-refractivity contribution in [2.75, 3.05) is 30.5 Å². The molecule has 216 valence electrons. The van der Waals surface area contributed by atoms with Gasteiger partial charge in [0.25, 0.3) is 11.8 Å². The number of hydrogen-bond acceptors (Lipinski definition) is 6. The van der Waals surface area contributed by atoms with Crippen LogP contribution in [-0.2, 0) is 21.2 Å². The van der Waals surface area contributed by atoms with Gasteiger partial charge in [0.05, 0.1) is 12.0 Å². The third kappa shape index (κ3) is 6.62. The second-order valence-electron chi connectivity index (χ2n) is 9.84. The summed E-state index contributed by atoms with van der Waals surface area (Å²) in [5, 5.41) is 2.80. The molecule has 10 heteroatoms. The molecule has 1 heterocycles. The number of ether oxygens (including phenoxy) is 2. The molecule has 4 aromatic rings. The molecule has 1 aliphatic heterocycles. The van der Waals surface area contributed by atoms with Crippen molar-refractivity contribution >= 4 is 33.2 Å². The first kappa shape index (κ1) is 28.8. The van der Waals surface area contributed by atoms with Gasteiger partial charge in [0, 0.05) is 29.5 Å². The van der Waals surface area contributed by atoms with E-state index in [-0.39, 0.29) is 17.4 Å². The minimum absolute atomic E-state index is 0.0916. The number of methoxy groups -OCH3 is 1. The fourth-order valence-electron chi connectivity index (χ4n) is 4.73. The van der Waals surface area contributed by atoms with E-state index in [2.05, 4.69) is 10.0 Å². The Hall–Kier alpha value is -4.67. The predicted octanol–water partition coefficient (Wildman–Crippen LogP) is 4.96. The first-order valence-electron chi connectivity index (χ1n) is 13.4. The quantitative estimate of drug-likeness (QED) is 0.272. The van der Waals surface area contributed by atoms with Crippen LogP contribution in [0.2, 0.25) is 0 Å². The number of fused-ring (bicyclic) bond motifs is 1. The molecular weight excluding hydrogens is 554 g/mol. The molecular formula is C32H31N3O6S. The topological polar surface area (TPSA) is 114 Å². The summed E-state index contributed by atoms with van der Waals surface area (Å²) in [5.41, 5.74) is 3.71. The first-order chi connectivity index (χ1) is 20.2. The highest BCUT2D eigenvalue weighted by molar-refractivity contribution is 7.89. The Morgan fingerprint density at radius 2 is 1.60 bits per heavy atom. The van der Waals surface area contributed by atoms with Gasteiger partial charge in [0.1, 0.15) is 11.5 Å². The average Bonchev–Trinajstić information content (AvgIpc) is 3.43. The summed E-state index contributed by atoms with van der Waals surface area (Å²) in [5.74, 6) is 0.506. The van der Waals surface area contributed by atoms with Crippen LogP contribution >= 0.6 is 0 Å². The van der Waals surface area contributed by atoms with E-state index in [1.165, 1.54) is 24.3 Å². The van der Waals surface area contributed by atoms with Crippen LogP contribution in [0.4, 0.5) is 11.4 Å². The maximum absolute atomic E-state index is 13.1. The molecule has 1 aliphatic rings. The van der Waals surface area contributed by atoms with E-state index < -0.39 is 22.0 Å². The number of anilines is 2. The Kier molecular flexibility index (Phi) is 8.56. The lowest BCUT2D eigenvalue weighted by molar-refractivity contribution is -0.118. The molecule has 0 bridgehead atoms. The molecule has 0 unspecified atom stereocenters. The molecule has 1 atom stereocenters. The lowest BCUT2D eigenvalue weighted by Gasteiger charge is -2.18. The fourth-order valence-corrected chi connectivity index (χ4v) is 5.96. The number of nitrogens with zero attached hydrogens (tertiary/aromatic N) is 1. The van der Waals surface area contributed by atoms with Crippen LogP contribution in [0.1, 0.15) is 34.5 Å².